The molecule has 28 heteroatoms. The molecule has 21 nitrogen and oxygen atoms in total. The number of alkyl halides is 2. The van der Waals surface area contributed by atoms with E-state index in [0.29, 0.717) is 27.5 Å². The largest absolute Gasteiger partial charge is 0.368 e. The number of imidazole rings is 2. The van der Waals surface area contributed by atoms with Gasteiger partial charge in [0.15, 0.2) is 33.3 Å². The molecule has 61 heavy (non-hydrogen) atoms. The Morgan fingerprint density at radius 3 is 1.79 bits per heavy atom. The Kier molecular flexibility index (Phi) is 17.8. The van der Waals surface area contributed by atoms with E-state index in [1.807, 2.05) is 0 Å². The van der Waals surface area contributed by atoms with Crippen LogP contribution in [0.3, 0.4) is 0 Å². The van der Waals surface area contributed by atoms with Gasteiger partial charge in [-0.1, -0.05) is 23.2 Å². The van der Waals surface area contributed by atoms with Gasteiger partial charge in [0.05, 0.1) is 56.5 Å². The molecule has 4 aromatic rings. The lowest BCUT2D eigenvalue weighted by Crippen LogP contribution is -2.25. The number of H-pyrrole nitrogens is 1. The van der Waals surface area contributed by atoms with Crippen molar-refractivity contribution in [3.05, 3.63) is 23.0 Å². The zero-order chi connectivity index (χ0) is 45.6. The Hall–Kier alpha value is -2.73. The lowest BCUT2D eigenvalue weighted by molar-refractivity contribution is 0.0105. The molecule has 2 saturated heterocycles. The monoisotopic (exact) mass is 966 g/mol. The van der Waals surface area contributed by atoms with E-state index in [1.165, 1.54) is 12.7 Å². The van der Waals surface area contributed by atoms with E-state index in [-0.39, 0.29) is 48.6 Å². The molecular formula is C33H52Cl2F2N10O11P2S. The lowest BCUT2D eigenvalue weighted by Gasteiger charge is -2.27. The summed E-state index contributed by atoms with van der Waals surface area (Å²) in [6, 6.07) is 0. The number of fused-ring (bicyclic) bond motifs is 2. The number of aromatic nitrogens is 8. The van der Waals surface area contributed by atoms with Crippen molar-refractivity contribution in [1.29, 1.82) is 0 Å². The van der Waals surface area contributed by atoms with E-state index in [4.69, 9.17) is 62.2 Å². The Bertz CT molecular complexity index is 2270. The fourth-order valence-electron chi connectivity index (χ4n) is 5.84. The van der Waals surface area contributed by atoms with Gasteiger partial charge in [-0.2, -0.15) is 28.4 Å². The van der Waals surface area contributed by atoms with Crippen LogP contribution in [-0.4, -0.2) is 121 Å². The van der Waals surface area contributed by atoms with Crippen molar-refractivity contribution in [3.63, 3.8) is 0 Å². The lowest BCUT2D eigenvalue weighted by atomic mass is 10.2. The van der Waals surface area contributed by atoms with Gasteiger partial charge in [-0.05, 0) is 55.4 Å². The van der Waals surface area contributed by atoms with Gasteiger partial charge in [0.1, 0.15) is 35.6 Å². The topological polar surface area (TPSA) is 283 Å². The van der Waals surface area contributed by atoms with Crippen LogP contribution >= 0.6 is 38.4 Å². The fraction of sp³-hybridized carbons (Fsp3) is 0.697. The normalized spacial score (nSPS) is 22.4. The maximum Gasteiger partial charge on any atom is 0.359 e. The second-order valence-electron chi connectivity index (χ2n) is 14.9. The standard InChI is InChI=1S/C16H24ClFN5O4P.C12H24FO7PS.C5H4ClN5/c1-8(2)26-28(24,27-9(3)4)12-5-10(18)11(25-12)6-23-7-20-13-14(17)21-16(19)22-15(13)23;1-8(2)19-21(14,20-9(3)4)12-6-10(13)11(18-12)7-17-22(5,15)16;6-3-2-4(9-1-8-2)11-5(7)10-3/h7-12H,5-6H2,1-4H3,(H2,19,21,22);8-12H,6-7H2,1-5H3;1H,(H3,7,8,9,10,11)/t2*10-,11+,12-;/m00./s1. The summed E-state index contributed by atoms with van der Waals surface area (Å²) in [7, 11) is -11.1. The first kappa shape index (κ1) is 50.9. The van der Waals surface area contributed by atoms with Crippen LogP contribution in [0.5, 0.6) is 0 Å². The van der Waals surface area contributed by atoms with Crippen LogP contribution in [0.4, 0.5) is 20.7 Å². The number of aromatic amines is 1. The molecule has 2 fully saturated rings. The van der Waals surface area contributed by atoms with E-state index in [0.717, 1.165) is 6.26 Å². The van der Waals surface area contributed by atoms with Crippen molar-refractivity contribution in [2.24, 2.45) is 0 Å². The molecular weight excluding hydrogens is 915 g/mol. The third-order valence-corrected chi connectivity index (χ3v) is 14.0. The molecule has 2 aliphatic rings. The molecule has 0 aliphatic carbocycles. The second-order valence-corrected chi connectivity index (χ2v) is 21.4. The quantitative estimate of drug-likeness (QED) is 0.0642. The fourth-order valence-corrected chi connectivity index (χ4v) is 11.2. The summed E-state index contributed by atoms with van der Waals surface area (Å²) in [5, 5.41) is 0.411. The van der Waals surface area contributed by atoms with Crippen molar-refractivity contribution >= 4 is 82.7 Å². The first-order valence-electron chi connectivity index (χ1n) is 18.9. The predicted octanol–water partition coefficient (Wildman–Crippen LogP) is 6.61. The molecule has 344 valence electrons. The van der Waals surface area contributed by atoms with E-state index in [1.54, 1.807) is 60.0 Å². The highest BCUT2D eigenvalue weighted by atomic mass is 35.5. The highest BCUT2D eigenvalue weighted by Crippen LogP contribution is 2.60. The van der Waals surface area contributed by atoms with E-state index in [2.05, 4.69) is 39.1 Å². The van der Waals surface area contributed by atoms with Crippen LogP contribution in [0, 0.1) is 0 Å². The number of anilines is 2. The maximum absolute atomic E-state index is 14.7. The highest BCUT2D eigenvalue weighted by Gasteiger charge is 2.50. The Morgan fingerprint density at radius 2 is 1.28 bits per heavy atom. The first-order chi connectivity index (χ1) is 28.3. The minimum Gasteiger partial charge on any atom is -0.368 e. The molecule has 4 aromatic heterocycles. The summed E-state index contributed by atoms with van der Waals surface area (Å²) in [4.78, 5) is 26.3. The van der Waals surface area contributed by atoms with E-state index < -0.39 is 80.4 Å². The van der Waals surface area contributed by atoms with Gasteiger partial charge >= 0.3 is 15.2 Å². The van der Waals surface area contributed by atoms with Gasteiger partial charge in [-0.25, -0.2) is 18.7 Å². The summed E-state index contributed by atoms with van der Waals surface area (Å²) in [6.45, 7) is 13.3. The molecule has 0 spiro atoms. The third kappa shape index (κ3) is 14.4. The number of hydrogen-bond acceptors (Lipinski definition) is 19. The Labute approximate surface area is 361 Å². The second kappa shape index (κ2) is 21.3. The van der Waals surface area contributed by atoms with Crippen molar-refractivity contribution < 1.29 is 58.1 Å². The summed E-state index contributed by atoms with van der Waals surface area (Å²) in [5.41, 5.74) is 12.8. The average molecular weight is 968 g/mol. The SMILES string of the molecule is CC(C)OP(=O)(OC(C)C)[C@H]1C[C@H](F)[C@@H](COS(C)(=O)=O)O1.CC(C)OP(=O)(OC(C)C)[C@H]1C[C@H](F)[C@@H](Cn2cnc3c(Cl)nc(N)nc32)O1.Nc1nc(Cl)c2[nH]cnc2n1. The van der Waals surface area contributed by atoms with Crippen molar-refractivity contribution in [2.75, 3.05) is 24.3 Å². The smallest absolute Gasteiger partial charge is 0.359 e. The summed E-state index contributed by atoms with van der Waals surface area (Å²) in [5.74, 6) is -1.95. The minimum atomic E-state index is -3.70. The molecule has 0 amide bonds. The van der Waals surface area contributed by atoms with Crippen LogP contribution in [0.15, 0.2) is 12.7 Å². The highest BCUT2D eigenvalue weighted by molar-refractivity contribution is 7.86. The van der Waals surface area contributed by atoms with Gasteiger partial charge in [-0.15, -0.1) is 0 Å². The molecule has 6 atom stereocenters. The Morgan fingerprint density at radius 1 is 0.803 bits per heavy atom. The van der Waals surface area contributed by atoms with Gasteiger partial charge < -0.3 is 48.6 Å². The molecule has 0 bridgehead atoms. The number of nitrogens with one attached hydrogen (secondary N) is 1. The third-order valence-electron chi connectivity index (χ3n) is 7.98. The molecule has 6 heterocycles. The first-order valence-corrected chi connectivity index (χ1v) is 24.7. The molecule has 0 unspecified atom stereocenters. The predicted molar refractivity (Wildman–Crippen MR) is 223 cm³/mol. The van der Waals surface area contributed by atoms with Crippen LogP contribution < -0.4 is 11.5 Å². The number of nitrogen functional groups attached to an aromatic ring is 2. The number of nitrogens with two attached hydrogens (primary N) is 2. The number of nitrogens with zero attached hydrogens (tertiary/aromatic N) is 7. The maximum atomic E-state index is 14.7. The van der Waals surface area contributed by atoms with Crippen LogP contribution in [0.25, 0.3) is 22.3 Å². The van der Waals surface area contributed by atoms with Crippen LogP contribution in [-0.2, 0) is 57.5 Å². The molecule has 6 rings (SSSR count). The number of hydrogen-bond donors (Lipinski definition) is 3. The number of ether oxygens (including phenoxy) is 2. The zero-order valence-electron chi connectivity index (χ0n) is 34.8. The molecule has 5 N–H and O–H groups in total. The summed E-state index contributed by atoms with van der Waals surface area (Å²) in [6.07, 6.45) is -2.85. The number of halogens is 4. The van der Waals surface area contributed by atoms with Gasteiger partial charge in [0.2, 0.25) is 11.9 Å². The Balaban J connectivity index is 0.000000219. The van der Waals surface area contributed by atoms with E-state index >= 15 is 0 Å². The average Bonchev–Trinajstić information content (AvgIpc) is 3.90. The van der Waals surface area contributed by atoms with Crippen LogP contribution in [0.2, 0.25) is 10.3 Å². The molecule has 0 radical (unpaired) electrons. The minimum absolute atomic E-state index is 0.0126. The van der Waals surface area contributed by atoms with Crippen LogP contribution in [0.1, 0.15) is 68.2 Å². The number of rotatable bonds is 15. The molecule has 2 aliphatic heterocycles. The van der Waals surface area contributed by atoms with Gasteiger partial charge in [0, 0.05) is 12.8 Å². The zero-order valence-corrected chi connectivity index (χ0v) is 39.0. The summed E-state index contributed by atoms with van der Waals surface area (Å²) < 4.78 is 116. The molecule has 0 saturated carbocycles. The summed E-state index contributed by atoms with van der Waals surface area (Å²) >= 11 is 11.7. The van der Waals surface area contributed by atoms with Crippen molar-refractivity contribution in [3.8, 4) is 0 Å². The van der Waals surface area contributed by atoms with Crippen molar-refractivity contribution in [1.82, 2.24) is 39.5 Å². The van der Waals surface area contributed by atoms with Crippen molar-refractivity contribution in [2.45, 2.75) is 135 Å². The van der Waals surface area contributed by atoms with Gasteiger partial charge in [-0.3, -0.25) is 13.3 Å². The van der Waals surface area contributed by atoms with Gasteiger partial charge in [0.25, 0.3) is 10.1 Å². The molecule has 0 aromatic carbocycles. The van der Waals surface area contributed by atoms with E-state index in [9.17, 15) is 26.3 Å².